The molecule has 0 spiro atoms. The van der Waals surface area contributed by atoms with Gasteiger partial charge in [-0.05, 0) is 62.7 Å². The van der Waals surface area contributed by atoms with Crippen LogP contribution in [0, 0.1) is 6.92 Å². The number of carbonyl (C=O) groups is 1. The van der Waals surface area contributed by atoms with Crippen molar-refractivity contribution in [1.29, 1.82) is 0 Å². The van der Waals surface area contributed by atoms with Gasteiger partial charge in [-0.1, -0.05) is 12.1 Å². The highest BCUT2D eigenvalue weighted by Crippen LogP contribution is 2.20. The zero-order valence-corrected chi connectivity index (χ0v) is 15.6. The number of nitrogens with zero attached hydrogens (tertiary/aromatic N) is 2. The Kier molecular flexibility index (Phi) is 5.66. The van der Waals surface area contributed by atoms with E-state index in [2.05, 4.69) is 20.6 Å². The molecule has 138 valence electrons. The van der Waals surface area contributed by atoms with Gasteiger partial charge in [0.1, 0.15) is 23.6 Å². The number of hydrogen-bond donors (Lipinski definition) is 2. The topological polar surface area (TPSA) is 76.1 Å². The van der Waals surface area contributed by atoms with Gasteiger partial charge in [0.05, 0.1) is 6.10 Å². The summed E-state index contributed by atoms with van der Waals surface area (Å²) in [4.78, 5) is 20.7. The molecule has 2 aromatic carbocycles. The molecule has 0 unspecified atom stereocenters. The Morgan fingerprint density at radius 1 is 1.00 bits per heavy atom. The molecule has 6 heteroatoms. The maximum absolute atomic E-state index is 12.4. The summed E-state index contributed by atoms with van der Waals surface area (Å²) in [5, 5.41) is 6.01. The van der Waals surface area contributed by atoms with Crippen LogP contribution >= 0.6 is 0 Å². The van der Waals surface area contributed by atoms with Crippen molar-refractivity contribution in [1.82, 2.24) is 9.97 Å². The first-order chi connectivity index (χ1) is 13.0. The van der Waals surface area contributed by atoms with Crippen LogP contribution in [0.3, 0.4) is 0 Å². The number of amides is 1. The van der Waals surface area contributed by atoms with Crippen LogP contribution in [0.2, 0.25) is 0 Å². The van der Waals surface area contributed by atoms with Crippen LogP contribution in [0.4, 0.5) is 17.2 Å². The van der Waals surface area contributed by atoms with Crippen LogP contribution in [-0.2, 0) is 0 Å². The van der Waals surface area contributed by atoms with Gasteiger partial charge >= 0.3 is 0 Å². The van der Waals surface area contributed by atoms with Gasteiger partial charge in [0.15, 0.2) is 0 Å². The van der Waals surface area contributed by atoms with Crippen LogP contribution in [0.15, 0.2) is 60.9 Å². The van der Waals surface area contributed by atoms with Gasteiger partial charge in [0, 0.05) is 17.4 Å². The third-order valence-electron chi connectivity index (χ3n) is 3.67. The minimum atomic E-state index is -0.285. The maximum Gasteiger partial charge on any atom is 0.274 e. The number of carbonyl (C=O) groups excluding carboxylic acids is 1. The molecule has 0 atom stereocenters. The Morgan fingerprint density at radius 3 is 2.48 bits per heavy atom. The standard InChI is InChI=1S/C21H22N4O2/c1-14(2)27-18-9-7-16(8-10-18)24-20-12-19(22-13-23-20)21(26)25-17-6-4-5-15(3)11-17/h4-14H,1-3H3,(H,25,26)(H,22,23,24). The van der Waals surface area contributed by atoms with Gasteiger partial charge in [0.25, 0.3) is 5.91 Å². The molecular weight excluding hydrogens is 340 g/mol. The molecule has 6 nitrogen and oxygen atoms in total. The van der Waals surface area contributed by atoms with Crippen molar-refractivity contribution in [2.24, 2.45) is 0 Å². The molecule has 0 bridgehead atoms. The predicted molar refractivity (Wildman–Crippen MR) is 107 cm³/mol. The highest BCUT2D eigenvalue weighted by Gasteiger charge is 2.10. The summed E-state index contributed by atoms with van der Waals surface area (Å²) >= 11 is 0. The van der Waals surface area contributed by atoms with Crippen molar-refractivity contribution in [3.63, 3.8) is 0 Å². The number of hydrogen-bond acceptors (Lipinski definition) is 5. The Morgan fingerprint density at radius 2 is 1.78 bits per heavy atom. The van der Waals surface area contributed by atoms with Crippen molar-refractivity contribution in [3.8, 4) is 5.75 Å². The van der Waals surface area contributed by atoms with Crippen molar-refractivity contribution >= 4 is 23.1 Å². The van der Waals surface area contributed by atoms with E-state index >= 15 is 0 Å². The predicted octanol–water partition coefficient (Wildman–Crippen LogP) is 4.57. The number of aryl methyl sites for hydroxylation is 1. The summed E-state index contributed by atoms with van der Waals surface area (Å²) in [5.41, 5.74) is 2.93. The second-order valence-electron chi connectivity index (χ2n) is 6.43. The van der Waals surface area contributed by atoms with E-state index in [1.54, 1.807) is 6.07 Å². The highest BCUT2D eigenvalue weighted by atomic mass is 16.5. The number of rotatable bonds is 6. The maximum atomic E-state index is 12.4. The molecule has 0 fully saturated rings. The van der Waals surface area contributed by atoms with Gasteiger partial charge in [-0.2, -0.15) is 0 Å². The normalized spacial score (nSPS) is 10.5. The monoisotopic (exact) mass is 362 g/mol. The van der Waals surface area contributed by atoms with E-state index < -0.39 is 0 Å². The lowest BCUT2D eigenvalue weighted by molar-refractivity contribution is 0.102. The molecule has 0 aliphatic heterocycles. The van der Waals surface area contributed by atoms with Crippen molar-refractivity contribution in [3.05, 3.63) is 72.2 Å². The number of benzene rings is 2. The van der Waals surface area contributed by atoms with Crippen LogP contribution in [0.5, 0.6) is 5.75 Å². The fourth-order valence-electron chi connectivity index (χ4n) is 2.50. The average Bonchev–Trinajstić information content (AvgIpc) is 2.63. The lowest BCUT2D eigenvalue weighted by Gasteiger charge is -2.11. The lowest BCUT2D eigenvalue weighted by Crippen LogP contribution is -2.14. The fraction of sp³-hybridized carbons (Fsp3) is 0.190. The molecule has 0 radical (unpaired) electrons. The SMILES string of the molecule is Cc1cccc(NC(=O)c2cc(Nc3ccc(OC(C)C)cc3)ncn2)c1. The second kappa shape index (κ2) is 8.31. The molecule has 1 aromatic heterocycles. The quantitative estimate of drug-likeness (QED) is 0.672. The number of anilines is 3. The smallest absolute Gasteiger partial charge is 0.274 e. The van der Waals surface area contributed by atoms with Crippen molar-refractivity contribution in [2.45, 2.75) is 26.9 Å². The molecule has 0 saturated heterocycles. The summed E-state index contributed by atoms with van der Waals surface area (Å²) in [6, 6.07) is 16.8. The van der Waals surface area contributed by atoms with E-state index in [0.29, 0.717) is 5.82 Å². The van der Waals surface area contributed by atoms with Crippen molar-refractivity contribution < 1.29 is 9.53 Å². The largest absolute Gasteiger partial charge is 0.491 e. The van der Waals surface area contributed by atoms with Crippen LogP contribution < -0.4 is 15.4 Å². The average molecular weight is 362 g/mol. The molecule has 1 heterocycles. The first kappa shape index (κ1) is 18.4. The van der Waals surface area contributed by atoms with Crippen LogP contribution in [0.1, 0.15) is 29.9 Å². The summed E-state index contributed by atoms with van der Waals surface area (Å²) in [7, 11) is 0. The fourth-order valence-corrected chi connectivity index (χ4v) is 2.50. The molecule has 0 saturated carbocycles. The number of nitrogens with one attached hydrogen (secondary N) is 2. The summed E-state index contributed by atoms with van der Waals surface area (Å²) < 4.78 is 5.63. The second-order valence-corrected chi connectivity index (χ2v) is 6.43. The van der Waals surface area contributed by atoms with E-state index in [9.17, 15) is 4.79 Å². The number of aromatic nitrogens is 2. The van der Waals surface area contributed by atoms with Crippen molar-refractivity contribution in [2.75, 3.05) is 10.6 Å². The Balaban J connectivity index is 1.68. The van der Waals surface area contributed by atoms with E-state index in [4.69, 9.17) is 4.74 Å². The van der Waals surface area contributed by atoms with E-state index in [0.717, 1.165) is 22.7 Å². The van der Waals surface area contributed by atoms with Gasteiger partial charge in [-0.15, -0.1) is 0 Å². The zero-order chi connectivity index (χ0) is 19.2. The first-order valence-electron chi connectivity index (χ1n) is 8.73. The zero-order valence-electron chi connectivity index (χ0n) is 15.6. The Hall–Kier alpha value is -3.41. The van der Waals surface area contributed by atoms with Gasteiger partial charge in [-0.3, -0.25) is 4.79 Å². The minimum absolute atomic E-state index is 0.125. The minimum Gasteiger partial charge on any atom is -0.491 e. The first-order valence-corrected chi connectivity index (χ1v) is 8.73. The summed E-state index contributed by atoms with van der Waals surface area (Å²) in [6.45, 7) is 5.94. The van der Waals surface area contributed by atoms with Crippen LogP contribution in [0.25, 0.3) is 0 Å². The molecule has 1 amide bonds. The molecule has 0 aliphatic carbocycles. The molecule has 3 aromatic rings. The molecule has 27 heavy (non-hydrogen) atoms. The number of ether oxygens (including phenoxy) is 1. The van der Waals surface area contributed by atoms with Crippen LogP contribution in [-0.4, -0.2) is 22.0 Å². The molecule has 2 N–H and O–H groups in total. The Bertz CT molecular complexity index is 923. The molecule has 0 aliphatic rings. The van der Waals surface area contributed by atoms with Gasteiger partial charge in [0.2, 0.25) is 0 Å². The lowest BCUT2D eigenvalue weighted by atomic mass is 10.2. The van der Waals surface area contributed by atoms with Gasteiger partial charge < -0.3 is 15.4 Å². The van der Waals surface area contributed by atoms with E-state index in [1.807, 2.05) is 69.3 Å². The van der Waals surface area contributed by atoms with E-state index in [1.165, 1.54) is 6.33 Å². The summed E-state index contributed by atoms with van der Waals surface area (Å²) in [6.07, 6.45) is 1.49. The van der Waals surface area contributed by atoms with E-state index in [-0.39, 0.29) is 17.7 Å². The summed E-state index contributed by atoms with van der Waals surface area (Å²) in [5.74, 6) is 1.06. The third-order valence-corrected chi connectivity index (χ3v) is 3.67. The Labute approximate surface area is 158 Å². The molecular formula is C21H22N4O2. The van der Waals surface area contributed by atoms with Gasteiger partial charge in [-0.25, -0.2) is 9.97 Å². The molecule has 3 rings (SSSR count). The highest BCUT2D eigenvalue weighted by molar-refractivity contribution is 6.03. The third kappa shape index (κ3) is 5.28.